The molecule has 0 aliphatic carbocycles. The molecule has 2 atom stereocenters. The van der Waals surface area contributed by atoms with Crippen molar-refractivity contribution in [3.63, 3.8) is 0 Å². The van der Waals surface area contributed by atoms with Crippen molar-refractivity contribution in [2.24, 2.45) is 5.41 Å². The standard InChI is InChI=1S/C19H23N3O3S/c1-12-20-14-5-4-13(10-15(14)26-12)17(23)22-9-7-19(18(24)25)6-3-8-21(2)16(19)11-22/h4-5,10,16H,3,6-9,11H2,1-2H3,(H,24,25)/t16-,19+/m1/s1. The average Bonchev–Trinajstić information content (AvgIpc) is 3.00. The van der Waals surface area contributed by atoms with Crippen molar-refractivity contribution in [2.75, 3.05) is 26.7 Å². The lowest BCUT2D eigenvalue weighted by molar-refractivity contribution is -0.161. The van der Waals surface area contributed by atoms with Crippen LogP contribution in [0.5, 0.6) is 0 Å². The summed E-state index contributed by atoms with van der Waals surface area (Å²) in [7, 11) is 1.97. The van der Waals surface area contributed by atoms with E-state index in [4.69, 9.17) is 0 Å². The summed E-state index contributed by atoms with van der Waals surface area (Å²) in [6.07, 6.45) is 2.12. The van der Waals surface area contributed by atoms with Gasteiger partial charge >= 0.3 is 5.97 Å². The van der Waals surface area contributed by atoms with Crippen molar-refractivity contribution in [2.45, 2.75) is 32.2 Å². The number of aliphatic carboxylic acids is 1. The van der Waals surface area contributed by atoms with Gasteiger partial charge in [-0.1, -0.05) is 0 Å². The van der Waals surface area contributed by atoms with E-state index in [9.17, 15) is 14.7 Å². The zero-order chi connectivity index (χ0) is 18.5. The fourth-order valence-corrected chi connectivity index (χ4v) is 5.39. The number of likely N-dealkylation sites (tertiary alicyclic amines) is 2. The maximum Gasteiger partial charge on any atom is 0.311 e. The first-order chi connectivity index (χ1) is 12.4. The molecule has 1 aromatic heterocycles. The second-order valence-electron chi connectivity index (χ2n) is 7.48. The lowest BCUT2D eigenvalue weighted by atomic mass is 9.68. The molecule has 0 saturated carbocycles. The fraction of sp³-hybridized carbons (Fsp3) is 0.526. The van der Waals surface area contributed by atoms with Crippen molar-refractivity contribution in [1.29, 1.82) is 0 Å². The monoisotopic (exact) mass is 373 g/mol. The van der Waals surface area contributed by atoms with Gasteiger partial charge in [0.15, 0.2) is 0 Å². The largest absolute Gasteiger partial charge is 0.481 e. The average molecular weight is 373 g/mol. The lowest BCUT2D eigenvalue weighted by Gasteiger charge is -2.51. The van der Waals surface area contributed by atoms with Gasteiger partial charge in [-0.25, -0.2) is 4.98 Å². The summed E-state index contributed by atoms with van der Waals surface area (Å²) in [5.41, 5.74) is 0.852. The fourth-order valence-electron chi connectivity index (χ4n) is 4.52. The van der Waals surface area contributed by atoms with E-state index < -0.39 is 11.4 Å². The molecule has 2 fully saturated rings. The Hall–Kier alpha value is -1.99. The summed E-state index contributed by atoms with van der Waals surface area (Å²) < 4.78 is 1.01. The zero-order valence-corrected chi connectivity index (χ0v) is 15.9. The molecule has 3 heterocycles. The number of benzene rings is 1. The minimum atomic E-state index is -0.720. The second-order valence-corrected chi connectivity index (χ2v) is 8.71. The van der Waals surface area contributed by atoms with Gasteiger partial charge in [-0.05, 0) is 58.0 Å². The summed E-state index contributed by atoms with van der Waals surface area (Å²) in [5, 5.41) is 10.9. The van der Waals surface area contributed by atoms with E-state index in [-0.39, 0.29) is 11.9 Å². The number of aryl methyl sites for hydroxylation is 1. The zero-order valence-electron chi connectivity index (χ0n) is 15.1. The van der Waals surface area contributed by atoms with Crippen molar-refractivity contribution in [3.05, 3.63) is 28.8 Å². The maximum atomic E-state index is 13.0. The van der Waals surface area contributed by atoms with Gasteiger partial charge in [-0.2, -0.15) is 0 Å². The predicted molar refractivity (Wildman–Crippen MR) is 101 cm³/mol. The SMILES string of the molecule is Cc1nc2ccc(C(=O)N3CC[C@@]4(C(=O)O)CCCN(C)[C@@H]4C3)cc2s1. The van der Waals surface area contributed by atoms with Crippen LogP contribution >= 0.6 is 11.3 Å². The third-order valence-electron chi connectivity index (χ3n) is 5.98. The van der Waals surface area contributed by atoms with Crippen LogP contribution in [0.15, 0.2) is 18.2 Å². The van der Waals surface area contributed by atoms with Crippen molar-refractivity contribution in [1.82, 2.24) is 14.8 Å². The summed E-state index contributed by atoms with van der Waals surface area (Å²) in [6.45, 7) is 3.81. The van der Waals surface area contributed by atoms with E-state index in [1.807, 2.05) is 37.1 Å². The quantitative estimate of drug-likeness (QED) is 0.876. The first-order valence-electron chi connectivity index (χ1n) is 9.01. The highest BCUT2D eigenvalue weighted by molar-refractivity contribution is 7.18. The molecule has 4 rings (SSSR count). The number of hydrogen-bond acceptors (Lipinski definition) is 5. The molecule has 0 bridgehead atoms. The number of amides is 1. The van der Waals surface area contributed by atoms with Gasteiger partial charge in [0, 0.05) is 24.7 Å². The van der Waals surface area contributed by atoms with E-state index in [0.717, 1.165) is 28.2 Å². The molecule has 2 aliphatic rings. The van der Waals surface area contributed by atoms with Crippen LogP contribution in [0.4, 0.5) is 0 Å². The molecule has 0 radical (unpaired) electrons. The highest BCUT2D eigenvalue weighted by atomic mass is 32.1. The lowest BCUT2D eigenvalue weighted by Crippen LogP contribution is -2.63. The number of carbonyl (C=O) groups is 2. The van der Waals surface area contributed by atoms with Crippen molar-refractivity contribution < 1.29 is 14.7 Å². The molecule has 2 saturated heterocycles. The molecule has 6 nitrogen and oxygen atoms in total. The van der Waals surface area contributed by atoms with Crippen LogP contribution in [-0.2, 0) is 4.79 Å². The molecular weight excluding hydrogens is 350 g/mol. The number of carbonyl (C=O) groups excluding carboxylic acids is 1. The van der Waals surface area contributed by atoms with E-state index in [2.05, 4.69) is 9.88 Å². The molecule has 7 heteroatoms. The molecule has 138 valence electrons. The van der Waals surface area contributed by atoms with Crippen LogP contribution in [0.25, 0.3) is 10.2 Å². The van der Waals surface area contributed by atoms with E-state index >= 15 is 0 Å². The molecule has 1 N–H and O–H groups in total. The Morgan fingerprint density at radius 1 is 1.31 bits per heavy atom. The van der Waals surface area contributed by atoms with Crippen LogP contribution in [0.1, 0.15) is 34.6 Å². The number of fused-ring (bicyclic) bond motifs is 2. The number of hydrogen-bond donors (Lipinski definition) is 1. The van der Waals surface area contributed by atoms with Crippen LogP contribution < -0.4 is 0 Å². The molecule has 1 aromatic carbocycles. The van der Waals surface area contributed by atoms with Gasteiger partial charge in [-0.15, -0.1) is 11.3 Å². The predicted octanol–water partition coefficient (Wildman–Crippen LogP) is 2.62. The molecule has 2 aromatic rings. The number of carboxylic acids is 1. The number of rotatable bonds is 2. The van der Waals surface area contributed by atoms with Gasteiger partial charge in [0.25, 0.3) is 5.91 Å². The first kappa shape index (κ1) is 17.4. The number of aromatic nitrogens is 1. The van der Waals surface area contributed by atoms with Crippen LogP contribution in [0, 0.1) is 12.3 Å². The van der Waals surface area contributed by atoms with Crippen LogP contribution in [-0.4, -0.2) is 64.5 Å². The van der Waals surface area contributed by atoms with Crippen LogP contribution in [0.3, 0.4) is 0 Å². The minimum absolute atomic E-state index is 0.0177. The van der Waals surface area contributed by atoms with E-state index in [1.54, 1.807) is 11.3 Å². The molecule has 0 unspecified atom stereocenters. The van der Waals surface area contributed by atoms with Gasteiger partial charge in [0.05, 0.1) is 20.6 Å². The Labute approximate surface area is 156 Å². The highest BCUT2D eigenvalue weighted by Gasteiger charge is 2.52. The molecule has 2 aliphatic heterocycles. The van der Waals surface area contributed by atoms with Gasteiger partial charge in [-0.3, -0.25) is 9.59 Å². The molecule has 0 spiro atoms. The summed E-state index contributed by atoms with van der Waals surface area (Å²) in [4.78, 5) is 33.4. The van der Waals surface area contributed by atoms with Crippen molar-refractivity contribution in [3.8, 4) is 0 Å². The first-order valence-corrected chi connectivity index (χ1v) is 9.82. The number of piperidine rings is 2. The third-order valence-corrected chi connectivity index (χ3v) is 6.91. The minimum Gasteiger partial charge on any atom is -0.481 e. The Bertz CT molecular complexity index is 880. The number of thiazole rings is 1. The smallest absolute Gasteiger partial charge is 0.311 e. The van der Waals surface area contributed by atoms with Gasteiger partial charge in [0.2, 0.25) is 0 Å². The number of carboxylic acid groups (broad SMARTS) is 1. The Morgan fingerprint density at radius 2 is 2.12 bits per heavy atom. The molecule has 26 heavy (non-hydrogen) atoms. The van der Waals surface area contributed by atoms with Gasteiger partial charge < -0.3 is 14.9 Å². The van der Waals surface area contributed by atoms with Crippen LogP contribution in [0.2, 0.25) is 0 Å². The Balaban J connectivity index is 1.60. The summed E-state index contributed by atoms with van der Waals surface area (Å²) in [6, 6.07) is 5.50. The number of nitrogens with zero attached hydrogens (tertiary/aromatic N) is 3. The molecule has 1 amide bonds. The third kappa shape index (κ3) is 2.70. The summed E-state index contributed by atoms with van der Waals surface area (Å²) in [5.74, 6) is -0.737. The van der Waals surface area contributed by atoms with Gasteiger partial charge in [0.1, 0.15) is 0 Å². The highest BCUT2D eigenvalue weighted by Crippen LogP contribution is 2.42. The maximum absolute atomic E-state index is 13.0. The molecular formula is C19H23N3O3S. The summed E-state index contributed by atoms with van der Waals surface area (Å²) >= 11 is 1.58. The second kappa shape index (κ2) is 6.32. The number of likely N-dealkylation sites (N-methyl/N-ethyl adjacent to an activating group) is 1. The van der Waals surface area contributed by atoms with E-state index in [0.29, 0.717) is 31.5 Å². The van der Waals surface area contributed by atoms with E-state index in [1.165, 1.54) is 0 Å². The normalized spacial score (nSPS) is 26.7. The Kier molecular flexibility index (Phi) is 4.23. The topological polar surface area (TPSA) is 73.7 Å². The van der Waals surface area contributed by atoms with Crippen molar-refractivity contribution >= 4 is 33.4 Å². The Morgan fingerprint density at radius 3 is 2.88 bits per heavy atom.